The lowest BCUT2D eigenvalue weighted by Gasteiger charge is -2.03. The Balaban J connectivity index is 2.28. The molecule has 0 aliphatic carbocycles. The van der Waals surface area contributed by atoms with Gasteiger partial charge in [-0.25, -0.2) is 0 Å². The summed E-state index contributed by atoms with van der Waals surface area (Å²) in [5.74, 6) is 4.07. The predicted octanol–water partition coefficient (Wildman–Crippen LogP) is 2.24. The van der Waals surface area contributed by atoms with Gasteiger partial charge >= 0.3 is 0 Å². The van der Waals surface area contributed by atoms with Gasteiger partial charge in [0.05, 0.1) is 5.75 Å². The number of aromatic nitrogens is 2. The standard InChI is InChI=1S/C11H21N3OS/c1-3-6-16-8-10-13-11(15-14-10)5-4-9(2)7-12/h9H,3-8,12H2,1-2H3. The highest BCUT2D eigenvalue weighted by atomic mass is 32.2. The molecule has 0 saturated carbocycles. The van der Waals surface area contributed by atoms with Crippen molar-refractivity contribution < 1.29 is 4.52 Å². The third-order valence-electron chi connectivity index (χ3n) is 2.34. The Hall–Kier alpha value is -0.550. The second kappa shape index (κ2) is 7.68. The van der Waals surface area contributed by atoms with Crippen molar-refractivity contribution in [3.8, 4) is 0 Å². The summed E-state index contributed by atoms with van der Waals surface area (Å²) < 4.78 is 5.17. The smallest absolute Gasteiger partial charge is 0.226 e. The first kappa shape index (κ1) is 13.5. The maximum Gasteiger partial charge on any atom is 0.226 e. The van der Waals surface area contributed by atoms with Gasteiger partial charge in [-0.15, -0.1) is 0 Å². The van der Waals surface area contributed by atoms with Gasteiger partial charge < -0.3 is 10.3 Å². The van der Waals surface area contributed by atoms with E-state index in [1.807, 2.05) is 11.8 Å². The molecule has 1 atom stereocenters. The molecule has 1 heterocycles. The Bertz CT molecular complexity index is 291. The summed E-state index contributed by atoms with van der Waals surface area (Å²) >= 11 is 1.84. The Morgan fingerprint density at radius 2 is 2.31 bits per heavy atom. The number of thioether (sulfide) groups is 1. The van der Waals surface area contributed by atoms with Crippen molar-refractivity contribution >= 4 is 11.8 Å². The Kier molecular flexibility index (Phi) is 6.49. The molecule has 0 bridgehead atoms. The number of aryl methyl sites for hydroxylation is 1. The zero-order valence-electron chi connectivity index (χ0n) is 10.1. The lowest BCUT2D eigenvalue weighted by Crippen LogP contribution is -2.11. The normalized spacial score (nSPS) is 12.9. The van der Waals surface area contributed by atoms with Crippen LogP contribution in [0.15, 0.2) is 4.52 Å². The number of hydrogen-bond acceptors (Lipinski definition) is 5. The molecule has 0 amide bonds. The van der Waals surface area contributed by atoms with Crippen LogP contribution in [0.4, 0.5) is 0 Å². The number of rotatable bonds is 8. The molecule has 92 valence electrons. The molecule has 1 aromatic heterocycles. The molecule has 1 unspecified atom stereocenters. The molecule has 0 spiro atoms. The molecule has 2 N–H and O–H groups in total. The number of nitrogens with two attached hydrogens (primary N) is 1. The van der Waals surface area contributed by atoms with Crippen LogP contribution in [-0.4, -0.2) is 22.4 Å². The van der Waals surface area contributed by atoms with Gasteiger partial charge in [-0.05, 0) is 31.1 Å². The molecule has 0 aromatic carbocycles. The van der Waals surface area contributed by atoms with Gasteiger partial charge in [0.25, 0.3) is 0 Å². The van der Waals surface area contributed by atoms with Crippen molar-refractivity contribution in [3.63, 3.8) is 0 Å². The molecular weight excluding hydrogens is 222 g/mol. The van der Waals surface area contributed by atoms with Crippen LogP contribution in [0.5, 0.6) is 0 Å². The summed E-state index contributed by atoms with van der Waals surface area (Å²) in [4.78, 5) is 4.35. The van der Waals surface area contributed by atoms with Crippen molar-refractivity contribution in [2.75, 3.05) is 12.3 Å². The molecule has 0 fully saturated rings. The van der Waals surface area contributed by atoms with E-state index >= 15 is 0 Å². The molecular formula is C11H21N3OS. The third kappa shape index (κ3) is 4.99. The number of nitrogens with zero attached hydrogens (tertiary/aromatic N) is 2. The quantitative estimate of drug-likeness (QED) is 0.709. The molecule has 1 rings (SSSR count). The van der Waals surface area contributed by atoms with Crippen LogP contribution < -0.4 is 5.73 Å². The van der Waals surface area contributed by atoms with Crippen LogP contribution in [0.3, 0.4) is 0 Å². The fourth-order valence-corrected chi connectivity index (χ4v) is 1.98. The largest absolute Gasteiger partial charge is 0.339 e. The zero-order chi connectivity index (χ0) is 11.8. The molecule has 1 aromatic rings. The Morgan fingerprint density at radius 1 is 1.50 bits per heavy atom. The van der Waals surface area contributed by atoms with Crippen LogP contribution in [0.1, 0.15) is 38.4 Å². The minimum atomic E-state index is 0.518. The average molecular weight is 243 g/mol. The maximum absolute atomic E-state index is 5.55. The molecule has 0 saturated heterocycles. The molecule has 16 heavy (non-hydrogen) atoms. The fraction of sp³-hybridized carbons (Fsp3) is 0.818. The predicted molar refractivity (Wildman–Crippen MR) is 67.3 cm³/mol. The molecule has 0 aliphatic heterocycles. The van der Waals surface area contributed by atoms with Gasteiger partial charge in [-0.1, -0.05) is 19.0 Å². The summed E-state index contributed by atoms with van der Waals surface area (Å²) in [6.07, 6.45) is 3.04. The fourth-order valence-electron chi connectivity index (χ4n) is 1.25. The van der Waals surface area contributed by atoms with Gasteiger partial charge in [0, 0.05) is 6.42 Å². The first-order chi connectivity index (χ1) is 7.76. The van der Waals surface area contributed by atoms with E-state index in [1.165, 1.54) is 6.42 Å². The van der Waals surface area contributed by atoms with Crippen LogP contribution in [0, 0.1) is 5.92 Å². The summed E-state index contributed by atoms with van der Waals surface area (Å²) in [5.41, 5.74) is 5.55. The van der Waals surface area contributed by atoms with Crippen LogP contribution in [-0.2, 0) is 12.2 Å². The van der Waals surface area contributed by atoms with E-state index in [9.17, 15) is 0 Å². The summed E-state index contributed by atoms with van der Waals surface area (Å²) in [5, 5.41) is 3.95. The van der Waals surface area contributed by atoms with E-state index in [-0.39, 0.29) is 0 Å². The third-order valence-corrected chi connectivity index (χ3v) is 3.50. The van der Waals surface area contributed by atoms with Crippen molar-refractivity contribution in [1.82, 2.24) is 10.1 Å². The minimum Gasteiger partial charge on any atom is -0.339 e. The van der Waals surface area contributed by atoms with Crippen molar-refractivity contribution in [1.29, 1.82) is 0 Å². The van der Waals surface area contributed by atoms with Crippen LogP contribution in [0.2, 0.25) is 0 Å². The Morgan fingerprint density at radius 3 is 3.00 bits per heavy atom. The monoisotopic (exact) mass is 243 g/mol. The molecule has 5 heteroatoms. The van der Waals surface area contributed by atoms with Crippen molar-refractivity contribution in [2.45, 2.75) is 38.9 Å². The first-order valence-electron chi connectivity index (χ1n) is 5.85. The van der Waals surface area contributed by atoms with E-state index in [0.29, 0.717) is 12.5 Å². The van der Waals surface area contributed by atoms with Gasteiger partial charge in [0.1, 0.15) is 0 Å². The zero-order valence-corrected chi connectivity index (χ0v) is 10.9. The second-order valence-corrected chi connectivity index (χ2v) is 5.14. The maximum atomic E-state index is 5.55. The average Bonchev–Trinajstić information content (AvgIpc) is 2.74. The van der Waals surface area contributed by atoms with E-state index in [2.05, 4.69) is 24.0 Å². The van der Waals surface area contributed by atoms with Gasteiger partial charge in [0.2, 0.25) is 5.89 Å². The lowest BCUT2D eigenvalue weighted by molar-refractivity contribution is 0.362. The molecule has 4 nitrogen and oxygen atoms in total. The number of hydrogen-bond donors (Lipinski definition) is 1. The highest BCUT2D eigenvalue weighted by molar-refractivity contribution is 7.98. The lowest BCUT2D eigenvalue weighted by atomic mass is 10.1. The molecule has 0 radical (unpaired) electrons. The SMILES string of the molecule is CCCSCc1noc(CCC(C)CN)n1. The van der Waals surface area contributed by atoms with Crippen LogP contribution in [0.25, 0.3) is 0 Å². The summed E-state index contributed by atoms with van der Waals surface area (Å²) in [7, 11) is 0. The summed E-state index contributed by atoms with van der Waals surface area (Å²) in [6, 6.07) is 0. The Labute approximate surface area is 101 Å². The topological polar surface area (TPSA) is 64.9 Å². The van der Waals surface area contributed by atoms with Gasteiger partial charge in [-0.3, -0.25) is 0 Å². The molecule has 0 aliphatic rings. The van der Waals surface area contributed by atoms with Gasteiger partial charge in [0.15, 0.2) is 5.82 Å². The first-order valence-corrected chi connectivity index (χ1v) is 7.01. The van der Waals surface area contributed by atoms with E-state index in [0.717, 1.165) is 36.1 Å². The summed E-state index contributed by atoms with van der Waals surface area (Å²) in [6.45, 7) is 5.02. The van der Waals surface area contributed by atoms with Crippen molar-refractivity contribution in [2.24, 2.45) is 11.7 Å². The van der Waals surface area contributed by atoms with Crippen LogP contribution >= 0.6 is 11.8 Å². The highest BCUT2D eigenvalue weighted by Gasteiger charge is 2.07. The van der Waals surface area contributed by atoms with Crippen molar-refractivity contribution in [3.05, 3.63) is 11.7 Å². The van der Waals surface area contributed by atoms with E-state index in [1.54, 1.807) is 0 Å². The highest BCUT2D eigenvalue weighted by Crippen LogP contribution is 2.12. The van der Waals surface area contributed by atoms with E-state index in [4.69, 9.17) is 10.3 Å². The minimum absolute atomic E-state index is 0.518. The van der Waals surface area contributed by atoms with Gasteiger partial charge in [-0.2, -0.15) is 16.7 Å². The van der Waals surface area contributed by atoms with E-state index < -0.39 is 0 Å². The second-order valence-electron chi connectivity index (χ2n) is 4.04.